The molecule has 0 fully saturated rings. The third kappa shape index (κ3) is 3.09. The Kier molecular flexibility index (Phi) is 4.66. The predicted octanol–water partition coefficient (Wildman–Crippen LogP) is 3.07. The molecule has 0 aromatic heterocycles. The smallest absolute Gasteiger partial charge is 0.229 e. The minimum Gasteiger partial charge on any atom is -0.310 e. The topological polar surface area (TPSA) is 40.6 Å². The first kappa shape index (κ1) is 15.5. The van der Waals surface area contributed by atoms with E-state index in [-0.39, 0.29) is 23.7 Å². The van der Waals surface area contributed by atoms with Crippen LogP contribution in [0.3, 0.4) is 0 Å². The molecule has 1 aliphatic heterocycles. The van der Waals surface area contributed by atoms with Gasteiger partial charge in [-0.2, -0.15) is 0 Å². The lowest BCUT2D eigenvalue weighted by atomic mass is 10.1. The fourth-order valence-corrected chi connectivity index (χ4v) is 2.63. The molecule has 0 saturated carbocycles. The van der Waals surface area contributed by atoms with E-state index in [1.165, 1.54) is 0 Å². The van der Waals surface area contributed by atoms with Crippen LogP contribution < -0.4 is 9.80 Å². The van der Waals surface area contributed by atoms with Gasteiger partial charge >= 0.3 is 0 Å². The van der Waals surface area contributed by atoms with Gasteiger partial charge in [0, 0.05) is 24.9 Å². The first-order valence-electron chi connectivity index (χ1n) is 7.65. The van der Waals surface area contributed by atoms with Crippen LogP contribution in [-0.2, 0) is 9.59 Å². The first-order valence-corrected chi connectivity index (χ1v) is 7.65. The van der Waals surface area contributed by atoms with E-state index in [0.717, 1.165) is 17.8 Å². The number of para-hydroxylation sites is 2. The van der Waals surface area contributed by atoms with E-state index in [1.54, 1.807) is 0 Å². The summed E-state index contributed by atoms with van der Waals surface area (Å²) in [7, 11) is 0. The maximum absolute atomic E-state index is 12.4. The number of amides is 2. The van der Waals surface area contributed by atoms with Crippen molar-refractivity contribution in [3.05, 3.63) is 24.3 Å². The molecule has 0 aliphatic carbocycles. The summed E-state index contributed by atoms with van der Waals surface area (Å²) in [5.74, 6) is 0.124. The largest absolute Gasteiger partial charge is 0.310 e. The Labute approximate surface area is 126 Å². The molecule has 1 aliphatic rings. The molecular formula is C17H24N2O2. The second-order valence-electron chi connectivity index (χ2n) is 6.13. The third-order valence-electron chi connectivity index (χ3n) is 3.75. The van der Waals surface area contributed by atoms with Crippen molar-refractivity contribution in [3.8, 4) is 0 Å². The molecular weight excluding hydrogens is 264 g/mol. The van der Waals surface area contributed by atoms with E-state index in [1.807, 2.05) is 61.8 Å². The minimum absolute atomic E-state index is 0.0505. The van der Waals surface area contributed by atoms with Crippen molar-refractivity contribution in [1.29, 1.82) is 0 Å². The van der Waals surface area contributed by atoms with Crippen molar-refractivity contribution in [3.63, 3.8) is 0 Å². The third-order valence-corrected chi connectivity index (χ3v) is 3.75. The number of rotatable bonds is 2. The van der Waals surface area contributed by atoms with Crippen LogP contribution in [0.2, 0.25) is 0 Å². The number of nitrogens with zero attached hydrogens (tertiary/aromatic N) is 2. The van der Waals surface area contributed by atoms with Crippen LogP contribution in [-0.4, -0.2) is 24.9 Å². The zero-order valence-corrected chi connectivity index (χ0v) is 13.3. The highest BCUT2D eigenvalue weighted by Gasteiger charge is 2.29. The van der Waals surface area contributed by atoms with Crippen LogP contribution in [0, 0.1) is 11.8 Å². The second-order valence-corrected chi connectivity index (χ2v) is 6.13. The zero-order chi connectivity index (χ0) is 15.6. The van der Waals surface area contributed by atoms with Gasteiger partial charge in [0.2, 0.25) is 11.8 Å². The normalized spacial score (nSPS) is 15.1. The predicted molar refractivity (Wildman–Crippen MR) is 85.4 cm³/mol. The van der Waals surface area contributed by atoms with Crippen LogP contribution in [0.4, 0.5) is 11.4 Å². The van der Waals surface area contributed by atoms with Crippen molar-refractivity contribution in [2.75, 3.05) is 22.9 Å². The summed E-state index contributed by atoms with van der Waals surface area (Å²) in [6, 6.07) is 7.70. The number of carbonyl (C=O) groups excluding carboxylic acids is 2. The van der Waals surface area contributed by atoms with Gasteiger partial charge in [-0.15, -0.1) is 0 Å². The highest BCUT2D eigenvalue weighted by atomic mass is 16.2. The highest BCUT2D eigenvalue weighted by Crippen LogP contribution is 2.33. The number of benzene rings is 1. The molecule has 4 heteroatoms. The van der Waals surface area contributed by atoms with Gasteiger partial charge in [0.25, 0.3) is 0 Å². The lowest BCUT2D eigenvalue weighted by molar-refractivity contribution is -0.122. The molecule has 2 amide bonds. The Balaban J connectivity index is 2.45. The fraction of sp³-hybridized carbons (Fsp3) is 0.529. The van der Waals surface area contributed by atoms with Gasteiger partial charge in [0.05, 0.1) is 11.4 Å². The summed E-state index contributed by atoms with van der Waals surface area (Å²) in [6.07, 6.45) is 0.797. The molecule has 2 rings (SSSR count). The fourth-order valence-electron chi connectivity index (χ4n) is 2.63. The van der Waals surface area contributed by atoms with E-state index < -0.39 is 0 Å². The first-order chi connectivity index (χ1) is 9.93. The van der Waals surface area contributed by atoms with Crippen molar-refractivity contribution in [2.45, 2.75) is 34.1 Å². The molecule has 21 heavy (non-hydrogen) atoms. The van der Waals surface area contributed by atoms with Crippen LogP contribution in [0.5, 0.6) is 0 Å². The minimum atomic E-state index is -0.0505. The molecule has 1 heterocycles. The number of anilines is 2. The van der Waals surface area contributed by atoms with E-state index in [9.17, 15) is 9.59 Å². The molecule has 0 unspecified atom stereocenters. The van der Waals surface area contributed by atoms with E-state index >= 15 is 0 Å². The Morgan fingerprint density at radius 1 is 0.857 bits per heavy atom. The highest BCUT2D eigenvalue weighted by molar-refractivity contribution is 6.03. The summed E-state index contributed by atoms with van der Waals surface area (Å²) in [6.45, 7) is 8.96. The molecule has 114 valence electrons. The molecule has 1 aromatic carbocycles. The van der Waals surface area contributed by atoms with Crippen molar-refractivity contribution < 1.29 is 9.59 Å². The number of fused-ring (bicyclic) bond motifs is 1. The van der Waals surface area contributed by atoms with Crippen LogP contribution >= 0.6 is 0 Å². The maximum atomic E-state index is 12.4. The number of carbonyl (C=O) groups is 2. The van der Waals surface area contributed by atoms with Gasteiger partial charge in [0.1, 0.15) is 0 Å². The van der Waals surface area contributed by atoms with Gasteiger partial charge < -0.3 is 9.80 Å². The van der Waals surface area contributed by atoms with E-state index in [0.29, 0.717) is 13.1 Å². The number of hydrogen-bond acceptors (Lipinski definition) is 2. The van der Waals surface area contributed by atoms with Gasteiger partial charge in [-0.1, -0.05) is 39.8 Å². The number of hydrogen-bond donors (Lipinski definition) is 0. The summed E-state index contributed by atoms with van der Waals surface area (Å²) in [4.78, 5) is 28.5. The second kappa shape index (κ2) is 6.29. The Bertz CT molecular complexity index is 490. The molecule has 0 atom stereocenters. The average Bonchev–Trinajstić information content (AvgIpc) is 2.65. The Hall–Kier alpha value is -1.84. The molecule has 0 saturated heterocycles. The molecule has 0 spiro atoms. The molecule has 1 aromatic rings. The average molecular weight is 288 g/mol. The summed E-state index contributed by atoms with van der Waals surface area (Å²) < 4.78 is 0. The maximum Gasteiger partial charge on any atom is 0.229 e. The standard InChI is InChI=1S/C17H24N2O2/c1-12(2)16(20)18-10-7-11-19(17(21)13(3)4)15-9-6-5-8-14(15)18/h5-6,8-9,12-13H,7,10-11H2,1-4H3. The van der Waals surface area contributed by atoms with Crippen LogP contribution in [0.15, 0.2) is 24.3 Å². The summed E-state index contributed by atoms with van der Waals surface area (Å²) in [5.41, 5.74) is 1.70. The Morgan fingerprint density at radius 2 is 1.24 bits per heavy atom. The van der Waals surface area contributed by atoms with Gasteiger partial charge in [-0.05, 0) is 18.6 Å². The quantitative estimate of drug-likeness (QED) is 0.839. The molecule has 4 nitrogen and oxygen atoms in total. The molecule has 0 bridgehead atoms. The van der Waals surface area contributed by atoms with Crippen LogP contribution in [0.1, 0.15) is 34.1 Å². The SMILES string of the molecule is CC(C)C(=O)N1CCCN(C(=O)C(C)C)c2ccccc21. The summed E-state index contributed by atoms with van der Waals surface area (Å²) >= 11 is 0. The van der Waals surface area contributed by atoms with Crippen molar-refractivity contribution in [2.24, 2.45) is 11.8 Å². The van der Waals surface area contributed by atoms with Crippen LogP contribution in [0.25, 0.3) is 0 Å². The van der Waals surface area contributed by atoms with Gasteiger partial charge in [0.15, 0.2) is 0 Å². The Morgan fingerprint density at radius 3 is 1.57 bits per heavy atom. The summed E-state index contributed by atoms with van der Waals surface area (Å²) in [5, 5.41) is 0. The monoisotopic (exact) mass is 288 g/mol. The van der Waals surface area contributed by atoms with E-state index in [4.69, 9.17) is 0 Å². The van der Waals surface area contributed by atoms with Gasteiger partial charge in [-0.25, -0.2) is 0 Å². The lowest BCUT2D eigenvalue weighted by Gasteiger charge is -2.27. The lowest BCUT2D eigenvalue weighted by Crippen LogP contribution is -2.35. The molecule has 0 N–H and O–H groups in total. The zero-order valence-electron chi connectivity index (χ0n) is 13.3. The molecule has 0 radical (unpaired) electrons. The van der Waals surface area contributed by atoms with Crippen molar-refractivity contribution in [1.82, 2.24) is 0 Å². The van der Waals surface area contributed by atoms with Gasteiger partial charge in [-0.3, -0.25) is 9.59 Å². The van der Waals surface area contributed by atoms with E-state index in [2.05, 4.69) is 0 Å². The van der Waals surface area contributed by atoms with Crippen molar-refractivity contribution >= 4 is 23.2 Å².